The van der Waals surface area contributed by atoms with Crippen LogP contribution in [0.4, 0.5) is 5.69 Å². The van der Waals surface area contributed by atoms with E-state index in [9.17, 15) is 14.9 Å². The zero-order chi connectivity index (χ0) is 17.7. The van der Waals surface area contributed by atoms with E-state index < -0.39 is 4.92 Å². The summed E-state index contributed by atoms with van der Waals surface area (Å²) in [5.74, 6) is 0.681. The number of Topliss-reactive ketones (excluding diaryl/α,β-unsaturated/α-hetero) is 1. The van der Waals surface area contributed by atoms with Crippen molar-refractivity contribution in [1.82, 2.24) is 0 Å². The summed E-state index contributed by atoms with van der Waals surface area (Å²) in [5.41, 5.74) is 1.55. The van der Waals surface area contributed by atoms with Gasteiger partial charge in [0.05, 0.1) is 18.1 Å². The summed E-state index contributed by atoms with van der Waals surface area (Å²) in [6.45, 7) is 3.93. The fraction of sp³-hybridized carbons (Fsp3) is 0.278. The Kier molecular flexibility index (Phi) is 5.52. The Bertz CT molecular complexity index is 738. The number of nitro groups is 1. The third kappa shape index (κ3) is 4.10. The summed E-state index contributed by atoms with van der Waals surface area (Å²) in [6, 6.07) is 11.3. The quantitative estimate of drug-likeness (QED) is 0.436. The zero-order valence-electron chi connectivity index (χ0n) is 13.8. The molecule has 6 nitrogen and oxygen atoms in total. The molecule has 0 saturated carbocycles. The van der Waals surface area contributed by atoms with Crippen molar-refractivity contribution in [2.24, 2.45) is 0 Å². The lowest BCUT2D eigenvalue weighted by atomic mass is 10.0. The largest absolute Gasteiger partial charge is 0.493 e. The lowest BCUT2D eigenvalue weighted by Gasteiger charge is -2.10. The summed E-state index contributed by atoms with van der Waals surface area (Å²) >= 11 is 0. The second-order valence-corrected chi connectivity index (χ2v) is 5.58. The molecule has 2 rings (SSSR count). The second-order valence-electron chi connectivity index (χ2n) is 5.58. The fourth-order valence-corrected chi connectivity index (χ4v) is 2.17. The summed E-state index contributed by atoms with van der Waals surface area (Å²) in [7, 11) is 1.43. The van der Waals surface area contributed by atoms with Gasteiger partial charge < -0.3 is 9.47 Å². The van der Waals surface area contributed by atoms with E-state index in [0.29, 0.717) is 17.2 Å². The molecule has 0 heterocycles. The standard InChI is InChI=1S/C18H19NO5/c1-12(2)13-4-6-14(7-5-13)16(20)11-24-18-10-15(19(21)22)8-9-17(18)23-3/h4-10,12H,11H2,1-3H3. The molecule has 0 radical (unpaired) electrons. The third-order valence-electron chi connectivity index (χ3n) is 3.62. The predicted molar refractivity (Wildman–Crippen MR) is 90.0 cm³/mol. The number of carbonyl (C=O) groups excluding carboxylic acids is 1. The molecule has 0 aromatic heterocycles. The molecule has 0 fully saturated rings. The minimum Gasteiger partial charge on any atom is -0.493 e. The van der Waals surface area contributed by atoms with Crippen LogP contribution in [0.1, 0.15) is 35.7 Å². The average Bonchev–Trinajstić information content (AvgIpc) is 2.59. The lowest BCUT2D eigenvalue weighted by molar-refractivity contribution is -0.385. The molecule has 0 bridgehead atoms. The van der Waals surface area contributed by atoms with Gasteiger partial charge in [0.2, 0.25) is 0 Å². The molecule has 6 heteroatoms. The summed E-state index contributed by atoms with van der Waals surface area (Å²) in [6.07, 6.45) is 0. The van der Waals surface area contributed by atoms with Gasteiger partial charge in [0.1, 0.15) is 0 Å². The van der Waals surface area contributed by atoms with Crippen molar-refractivity contribution in [3.05, 3.63) is 63.7 Å². The van der Waals surface area contributed by atoms with E-state index in [1.165, 1.54) is 25.3 Å². The first kappa shape index (κ1) is 17.5. The van der Waals surface area contributed by atoms with Crippen LogP contribution in [0.3, 0.4) is 0 Å². The minimum absolute atomic E-state index is 0.125. The van der Waals surface area contributed by atoms with E-state index in [2.05, 4.69) is 13.8 Å². The summed E-state index contributed by atoms with van der Waals surface area (Å²) in [4.78, 5) is 22.5. The maximum atomic E-state index is 12.2. The van der Waals surface area contributed by atoms with Gasteiger partial charge in [-0.1, -0.05) is 38.1 Å². The van der Waals surface area contributed by atoms with Crippen LogP contribution >= 0.6 is 0 Å². The molecular weight excluding hydrogens is 310 g/mol. The van der Waals surface area contributed by atoms with Gasteiger partial charge in [0.25, 0.3) is 5.69 Å². The van der Waals surface area contributed by atoms with Gasteiger partial charge in [-0.2, -0.15) is 0 Å². The smallest absolute Gasteiger partial charge is 0.273 e. The van der Waals surface area contributed by atoms with Crippen molar-refractivity contribution in [2.45, 2.75) is 19.8 Å². The summed E-state index contributed by atoms with van der Waals surface area (Å²) in [5, 5.41) is 10.8. The van der Waals surface area contributed by atoms with Crippen LogP contribution in [-0.4, -0.2) is 24.4 Å². The van der Waals surface area contributed by atoms with Gasteiger partial charge in [0, 0.05) is 11.6 Å². The Labute approximate surface area is 140 Å². The number of hydrogen-bond acceptors (Lipinski definition) is 5. The van der Waals surface area contributed by atoms with E-state index in [1.807, 2.05) is 12.1 Å². The van der Waals surface area contributed by atoms with Crippen LogP contribution in [-0.2, 0) is 0 Å². The highest BCUT2D eigenvalue weighted by Crippen LogP contribution is 2.31. The molecule has 126 valence electrons. The SMILES string of the molecule is COc1ccc([N+](=O)[O-])cc1OCC(=O)c1ccc(C(C)C)cc1. The van der Waals surface area contributed by atoms with Gasteiger partial charge in [-0.05, 0) is 17.5 Å². The highest BCUT2D eigenvalue weighted by molar-refractivity contribution is 5.97. The highest BCUT2D eigenvalue weighted by Gasteiger charge is 2.14. The first-order chi connectivity index (χ1) is 11.4. The maximum Gasteiger partial charge on any atom is 0.273 e. The van der Waals surface area contributed by atoms with Gasteiger partial charge in [-0.25, -0.2) is 0 Å². The molecule has 0 amide bonds. The lowest BCUT2D eigenvalue weighted by Crippen LogP contribution is -2.12. The van der Waals surface area contributed by atoms with Crippen LogP contribution in [0, 0.1) is 10.1 Å². The monoisotopic (exact) mass is 329 g/mol. The first-order valence-corrected chi connectivity index (χ1v) is 7.50. The number of non-ortho nitro benzene ring substituents is 1. The van der Waals surface area contributed by atoms with Crippen LogP contribution in [0.5, 0.6) is 11.5 Å². The Morgan fingerprint density at radius 3 is 2.33 bits per heavy atom. The normalized spacial score (nSPS) is 10.5. The number of methoxy groups -OCH3 is 1. The van der Waals surface area contributed by atoms with Crippen molar-refractivity contribution in [3.63, 3.8) is 0 Å². The molecule has 0 aliphatic heterocycles. The molecule has 0 aliphatic rings. The third-order valence-corrected chi connectivity index (χ3v) is 3.62. The van der Waals surface area contributed by atoms with Crippen molar-refractivity contribution in [3.8, 4) is 11.5 Å². The molecule has 0 N–H and O–H groups in total. The van der Waals surface area contributed by atoms with Crippen LogP contribution in [0.25, 0.3) is 0 Å². The molecule has 0 aliphatic carbocycles. The van der Waals surface area contributed by atoms with E-state index in [4.69, 9.17) is 9.47 Å². The number of hydrogen-bond donors (Lipinski definition) is 0. The van der Waals surface area contributed by atoms with Crippen molar-refractivity contribution in [1.29, 1.82) is 0 Å². The Hall–Kier alpha value is -2.89. The van der Waals surface area contributed by atoms with E-state index in [1.54, 1.807) is 12.1 Å². The van der Waals surface area contributed by atoms with Gasteiger partial charge >= 0.3 is 0 Å². The molecule has 0 atom stereocenters. The maximum absolute atomic E-state index is 12.2. The Balaban J connectivity index is 2.10. The van der Waals surface area contributed by atoms with E-state index in [-0.39, 0.29) is 23.8 Å². The molecule has 24 heavy (non-hydrogen) atoms. The topological polar surface area (TPSA) is 78.7 Å². The van der Waals surface area contributed by atoms with Gasteiger partial charge in [0.15, 0.2) is 23.9 Å². The van der Waals surface area contributed by atoms with Crippen molar-refractivity contribution >= 4 is 11.5 Å². The molecule has 2 aromatic carbocycles. The molecule has 0 unspecified atom stereocenters. The Morgan fingerprint density at radius 2 is 1.79 bits per heavy atom. The minimum atomic E-state index is -0.529. The predicted octanol–water partition coefficient (Wildman–Crippen LogP) is 3.99. The number of ether oxygens (including phenoxy) is 2. The first-order valence-electron chi connectivity index (χ1n) is 7.50. The van der Waals surface area contributed by atoms with E-state index >= 15 is 0 Å². The molecule has 0 saturated heterocycles. The van der Waals surface area contributed by atoms with Crippen LogP contribution < -0.4 is 9.47 Å². The molecule has 0 spiro atoms. The number of carbonyl (C=O) groups is 1. The number of nitrogens with zero attached hydrogens (tertiary/aromatic N) is 1. The highest BCUT2D eigenvalue weighted by atomic mass is 16.6. The van der Waals surface area contributed by atoms with Crippen LogP contribution in [0.2, 0.25) is 0 Å². The second kappa shape index (κ2) is 7.59. The van der Waals surface area contributed by atoms with Gasteiger partial charge in [-0.3, -0.25) is 14.9 Å². The fourth-order valence-electron chi connectivity index (χ4n) is 2.17. The average molecular weight is 329 g/mol. The van der Waals surface area contributed by atoms with Crippen LogP contribution in [0.15, 0.2) is 42.5 Å². The van der Waals surface area contributed by atoms with Gasteiger partial charge in [-0.15, -0.1) is 0 Å². The summed E-state index contributed by atoms with van der Waals surface area (Å²) < 4.78 is 10.5. The molecule has 2 aromatic rings. The van der Waals surface area contributed by atoms with E-state index in [0.717, 1.165) is 5.56 Å². The number of nitro benzene ring substituents is 1. The Morgan fingerprint density at radius 1 is 1.12 bits per heavy atom. The number of ketones is 1. The number of benzene rings is 2. The van der Waals surface area contributed by atoms with Crippen molar-refractivity contribution < 1.29 is 19.2 Å². The molecular formula is C18H19NO5. The number of rotatable bonds is 7. The zero-order valence-corrected chi connectivity index (χ0v) is 13.8. The van der Waals surface area contributed by atoms with Crippen molar-refractivity contribution in [2.75, 3.05) is 13.7 Å².